The van der Waals surface area contributed by atoms with E-state index in [1.54, 1.807) is 7.11 Å². The zero-order valence-electron chi connectivity index (χ0n) is 15.3. The number of methoxy groups -OCH3 is 1. The van der Waals surface area contributed by atoms with Crippen molar-refractivity contribution in [3.63, 3.8) is 0 Å². The van der Waals surface area contributed by atoms with E-state index in [-0.39, 0.29) is 12.1 Å². The van der Waals surface area contributed by atoms with Crippen LogP contribution in [0.4, 0.5) is 0 Å². The van der Waals surface area contributed by atoms with E-state index in [1.165, 1.54) is 5.56 Å². The summed E-state index contributed by atoms with van der Waals surface area (Å²) in [6, 6.07) is 16.1. The summed E-state index contributed by atoms with van der Waals surface area (Å²) >= 11 is 0. The fourth-order valence-corrected chi connectivity index (χ4v) is 3.20. The molecule has 1 aliphatic rings. The molecule has 0 radical (unpaired) electrons. The van der Waals surface area contributed by atoms with Gasteiger partial charge >= 0.3 is 0 Å². The molecule has 0 saturated carbocycles. The van der Waals surface area contributed by atoms with Crippen molar-refractivity contribution < 1.29 is 14.0 Å². The third-order valence-corrected chi connectivity index (χ3v) is 4.57. The van der Waals surface area contributed by atoms with Crippen molar-refractivity contribution in [2.24, 2.45) is 0 Å². The second kappa shape index (κ2) is 7.77. The SMILES string of the molecule is CCOc1ccc(-c2noc(C3CC(c4ccccc4)NN3)n2)cc1OC. The van der Waals surface area contributed by atoms with Crippen LogP contribution in [0.2, 0.25) is 0 Å². The molecule has 2 heterocycles. The molecule has 2 aromatic carbocycles. The van der Waals surface area contributed by atoms with Gasteiger partial charge in [-0.25, -0.2) is 10.9 Å². The molecule has 7 nitrogen and oxygen atoms in total. The molecule has 2 N–H and O–H groups in total. The Morgan fingerprint density at radius 3 is 2.67 bits per heavy atom. The second-order valence-corrected chi connectivity index (χ2v) is 6.30. The highest BCUT2D eigenvalue weighted by molar-refractivity contribution is 5.60. The van der Waals surface area contributed by atoms with Crippen LogP contribution in [0.25, 0.3) is 11.4 Å². The van der Waals surface area contributed by atoms with E-state index in [0.717, 1.165) is 12.0 Å². The zero-order chi connectivity index (χ0) is 18.6. The number of ether oxygens (including phenoxy) is 2. The number of hydrazine groups is 1. The average Bonchev–Trinajstić information content (AvgIpc) is 3.39. The normalized spacial score (nSPS) is 19.2. The van der Waals surface area contributed by atoms with Gasteiger partial charge in [0.25, 0.3) is 0 Å². The first kappa shape index (κ1) is 17.5. The van der Waals surface area contributed by atoms with E-state index in [4.69, 9.17) is 14.0 Å². The third-order valence-electron chi connectivity index (χ3n) is 4.57. The van der Waals surface area contributed by atoms with Gasteiger partial charge in [-0.1, -0.05) is 35.5 Å². The number of nitrogens with zero attached hydrogens (tertiary/aromatic N) is 2. The van der Waals surface area contributed by atoms with Gasteiger partial charge in [-0.3, -0.25) is 0 Å². The monoisotopic (exact) mass is 366 g/mol. The van der Waals surface area contributed by atoms with Gasteiger partial charge in [-0.05, 0) is 37.1 Å². The van der Waals surface area contributed by atoms with Gasteiger partial charge in [-0.15, -0.1) is 0 Å². The molecule has 3 aromatic rings. The molecule has 1 fully saturated rings. The molecule has 1 aromatic heterocycles. The quantitative estimate of drug-likeness (QED) is 0.692. The Kier molecular flexibility index (Phi) is 5.04. The van der Waals surface area contributed by atoms with Gasteiger partial charge in [0.2, 0.25) is 11.7 Å². The van der Waals surface area contributed by atoms with Crippen LogP contribution in [0.3, 0.4) is 0 Å². The molecule has 7 heteroatoms. The van der Waals surface area contributed by atoms with Crippen molar-refractivity contribution in [1.82, 2.24) is 21.0 Å². The molecule has 2 atom stereocenters. The number of hydrogen-bond donors (Lipinski definition) is 2. The fourth-order valence-electron chi connectivity index (χ4n) is 3.20. The minimum Gasteiger partial charge on any atom is -0.493 e. The van der Waals surface area contributed by atoms with Crippen LogP contribution in [0.5, 0.6) is 11.5 Å². The Morgan fingerprint density at radius 1 is 1.07 bits per heavy atom. The number of nitrogens with one attached hydrogen (secondary N) is 2. The molecule has 27 heavy (non-hydrogen) atoms. The number of aromatic nitrogens is 2. The molecule has 0 bridgehead atoms. The predicted octanol–water partition coefficient (Wildman–Crippen LogP) is 3.42. The Hall–Kier alpha value is -2.90. The van der Waals surface area contributed by atoms with Crippen molar-refractivity contribution in [3.05, 3.63) is 60.0 Å². The van der Waals surface area contributed by atoms with Gasteiger partial charge < -0.3 is 14.0 Å². The Labute approximate surface area is 157 Å². The lowest BCUT2D eigenvalue weighted by molar-refractivity contribution is 0.311. The zero-order valence-corrected chi connectivity index (χ0v) is 15.3. The van der Waals surface area contributed by atoms with Crippen molar-refractivity contribution in [1.29, 1.82) is 0 Å². The number of hydrogen-bond acceptors (Lipinski definition) is 7. The van der Waals surface area contributed by atoms with E-state index < -0.39 is 0 Å². The van der Waals surface area contributed by atoms with E-state index in [1.807, 2.05) is 43.3 Å². The number of benzene rings is 2. The van der Waals surface area contributed by atoms with Gasteiger partial charge in [-0.2, -0.15) is 4.98 Å². The summed E-state index contributed by atoms with van der Waals surface area (Å²) in [7, 11) is 1.61. The lowest BCUT2D eigenvalue weighted by Gasteiger charge is -2.09. The predicted molar refractivity (Wildman–Crippen MR) is 100 cm³/mol. The lowest BCUT2D eigenvalue weighted by atomic mass is 10.0. The van der Waals surface area contributed by atoms with Crippen molar-refractivity contribution >= 4 is 0 Å². The highest BCUT2D eigenvalue weighted by Gasteiger charge is 2.30. The number of rotatable bonds is 6. The van der Waals surface area contributed by atoms with E-state index >= 15 is 0 Å². The first-order chi connectivity index (χ1) is 13.3. The molecule has 1 saturated heterocycles. The summed E-state index contributed by atoms with van der Waals surface area (Å²) in [6.07, 6.45) is 0.832. The van der Waals surface area contributed by atoms with Crippen LogP contribution in [-0.2, 0) is 0 Å². The Morgan fingerprint density at radius 2 is 1.89 bits per heavy atom. The first-order valence-corrected chi connectivity index (χ1v) is 8.99. The topological polar surface area (TPSA) is 81.4 Å². The van der Waals surface area contributed by atoms with E-state index in [2.05, 4.69) is 33.1 Å². The minimum absolute atomic E-state index is 0.0407. The molecule has 4 rings (SSSR count). The Balaban J connectivity index is 1.51. The van der Waals surface area contributed by atoms with Gasteiger partial charge in [0.1, 0.15) is 6.04 Å². The summed E-state index contributed by atoms with van der Waals surface area (Å²) in [5.74, 6) is 2.42. The molecule has 2 unspecified atom stereocenters. The fraction of sp³-hybridized carbons (Fsp3) is 0.300. The van der Waals surface area contributed by atoms with E-state index in [9.17, 15) is 0 Å². The van der Waals surface area contributed by atoms with Crippen LogP contribution in [-0.4, -0.2) is 23.9 Å². The van der Waals surface area contributed by atoms with Crippen molar-refractivity contribution in [2.45, 2.75) is 25.4 Å². The summed E-state index contributed by atoms with van der Waals surface area (Å²) in [5.41, 5.74) is 8.58. The summed E-state index contributed by atoms with van der Waals surface area (Å²) < 4.78 is 16.5. The summed E-state index contributed by atoms with van der Waals surface area (Å²) in [6.45, 7) is 2.51. The van der Waals surface area contributed by atoms with Gasteiger partial charge in [0, 0.05) is 11.6 Å². The smallest absolute Gasteiger partial charge is 0.245 e. The van der Waals surface area contributed by atoms with Crippen LogP contribution in [0.1, 0.15) is 36.9 Å². The summed E-state index contributed by atoms with van der Waals surface area (Å²) in [5, 5.41) is 4.13. The lowest BCUT2D eigenvalue weighted by Crippen LogP contribution is -2.26. The second-order valence-electron chi connectivity index (χ2n) is 6.30. The first-order valence-electron chi connectivity index (χ1n) is 8.99. The molecule has 1 aliphatic heterocycles. The third kappa shape index (κ3) is 3.65. The van der Waals surface area contributed by atoms with Crippen LogP contribution < -0.4 is 20.3 Å². The van der Waals surface area contributed by atoms with Crippen molar-refractivity contribution in [3.8, 4) is 22.9 Å². The van der Waals surface area contributed by atoms with Crippen molar-refractivity contribution in [2.75, 3.05) is 13.7 Å². The van der Waals surface area contributed by atoms with Crippen LogP contribution in [0, 0.1) is 0 Å². The standard InChI is InChI=1S/C20H22N4O3/c1-3-26-17-10-9-14(11-18(17)25-2)19-21-20(27-24-19)16-12-15(22-23-16)13-7-5-4-6-8-13/h4-11,15-16,22-23H,3,12H2,1-2H3. The maximum absolute atomic E-state index is 5.55. The molecular weight excluding hydrogens is 344 g/mol. The highest BCUT2D eigenvalue weighted by Crippen LogP contribution is 2.33. The maximum Gasteiger partial charge on any atom is 0.245 e. The van der Waals surface area contributed by atoms with Crippen LogP contribution in [0.15, 0.2) is 53.1 Å². The molecule has 0 aliphatic carbocycles. The van der Waals surface area contributed by atoms with Crippen LogP contribution >= 0.6 is 0 Å². The largest absolute Gasteiger partial charge is 0.493 e. The highest BCUT2D eigenvalue weighted by atomic mass is 16.5. The summed E-state index contributed by atoms with van der Waals surface area (Å²) in [4.78, 5) is 4.57. The molecule has 140 valence electrons. The molecular formula is C20H22N4O3. The Bertz CT molecular complexity index is 897. The van der Waals surface area contributed by atoms with E-state index in [0.29, 0.717) is 29.8 Å². The molecule has 0 amide bonds. The van der Waals surface area contributed by atoms with Gasteiger partial charge in [0.15, 0.2) is 11.5 Å². The maximum atomic E-state index is 5.55. The molecule has 0 spiro atoms. The average molecular weight is 366 g/mol. The minimum atomic E-state index is -0.0407. The van der Waals surface area contributed by atoms with Gasteiger partial charge in [0.05, 0.1) is 13.7 Å².